The molecule has 226 valence electrons. The molecule has 9 nitrogen and oxygen atoms in total. The van der Waals surface area contributed by atoms with Crippen LogP contribution in [0.2, 0.25) is 5.02 Å². The van der Waals surface area contributed by atoms with E-state index in [1.54, 1.807) is 12.1 Å². The van der Waals surface area contributed by atoms with Gasteiger partial charge in [-0.25, -0.2) is 4.39 Å². The normalized spacial score (nSPS) is 21.4. The number of likely N-dealkylation sites (tertiary alicyclic amines) is 1. The molecule has 4 aromatic rings. The molecule has 2 unspecified atom stereocenters. The summed E-state index contributed by atoms with van der Waals surface area (Å²) in [4.78, 5) is 13.8. The molecular formula is C32H37ClFN7O2. The van der Waals surface area contributed by atoms with Crippen LogP contribution in [0.15, 0.2) is 18.2 Å². The van der Waals surface area contributed by atoms with Crippen LogP contribution in [0.3, 0.4) is 0 Å². The fourth-order valence-electron chi connectivity index (χ4n) is 6.68. The minimum absolute atomic E-state index is 0.0741. The molecule has 7 rings (SSSR count). The summed E-state index contributed by atoms with van der Waals surface area (Å²) in [7, 11) is 3.89. The lowest BCUT2D eigenvalue weighted by Crippen LogP contribution is -2.51. The number of halogens is 2. The molecule has 3 atom stereocenters. The van der Waals surface area contributed by atoms with Gasteiger partial charge in [0.25, 0.3) is 0 Å². The zero-order valence-electron chi connectivity index (χ0n) is 25.2. The lowest BCUT2D eigenvalue weighted by atomic mass is 9.96. The van der Waals surface area contributed by atoms with Gasteiger partial charge in [0.05, 0.1) is 10.5 Å². The third-order valence-electron chi connectivity index (χ3n) is 9.20. The zero-order chi connectivity index (χ0) is 30.6. The Kier molecular flexibility index (Phi) is 7.84. The van der Waals surface area contributed by atoms with Gasteiger partial charge in [0.2, 0.25) is 0 Å². The number of benzene rings is 2. The number of hydrogen-bond donors (Lipinski definition) is 2. The largest absolute Gasteiger partial charge is 0.507 e. The van der Waals surface area contributed by atoms with Crippen LogP contribution in [0.5, 0.6) is 11.8 Å². The smallest absolute Gasteiger partial charge is 0.319 e. The fourth-order valence-corrected chi connectivity index (χ4v) is 6.96. The first kappa shape index (κ1) is 29.4. The Balaban J connectivity index is 0.00000161. The van der Waals surface area contributed by atoms with E-state index in [1.807, 2.05) is 32.4 Å². The number of ether oxygens (including phenoxy) is 1. The van der Waals surface area contributed by atoms with Gasteiger partial charge in [-0.15, -0.1) is 0 Å². The van der Waals surface area contributed by atoms with Crippen molar-refractivity contribution in [3.05, 3.63) is 40.3 Å². The van der Waals surface area contributed by atoms with Gasteiger partial charge in [0, 0.05) is 65.9 Å². The SMILES string of the molecule is CC.Cc1c(-c2c(Cl)cc3c(N4CC5CCC(C4)N5)nc(OC[C@@H]4CCN4C)nc3c2F)c2c(C#N)c(O)ccc2n1C. The molecule has 2 aromatic carbocycles. The van der Waals surface area contributed by atoms with E-state index in [-0.39, 0.29) is 39.5 Å². The lowest BCUT2D eigenvalue weighted by molar-refractivity contribution is 0.0732. The highest BCUT2D eigenvalue weighted by Crippen LogP contribution is 2.45. The van der Waals surface area contributed by atoms with Gasteiger partial charge in [-0.05, 0) is 58.0 Å². The number of anilines is 1. The van der Waals surface area contributed by atoms with Crippen LogP contribution in [0.1, 0.15) is 44.4 Å². The van der Waals surface area contributed by atoms with Crippen LogP contribution in [0.25, 0.3) is 32.9 Å². The maximum absolute atomic E-state index is 16.9. The molecule has 3 aliphatic heterocycles. The lowest BCUT2D eigenvalue weighted by Gasteiger charge is -2.37. The van der Waals surface area contributed by atoms with Gasteiger partial charge in [-0.3, -0.25) is 4.90 Å². The molecule has 11 heteroatoms. The van der Waals surface area contributed by atoms with E-state index in [2.05, 4.69) is 33.2 Å². The molecule has 2 N–H and O–H groups in total. The summed E-state index contributed by atoms with van der Waals surface area (Å²) < 4.78 is 24.8. The minimum Gasteiger partial charge on any atom is -0.507 e. The van der Waals surface area contributed by atoms with Crippen molar-refractivity contribution in [2.45, 2.75) is 58.2 Å². The van der Waals surface area contributed by atoms with Crippen molar-refractivity contribution < 1.29 is 14.2 Å². The van der Waals surface area contributed by atoms with Crippen molar-refractivity contribution in [3.8, 4) is 29.0 Å². The number of aryl methyl sites for hydroxylation is 1. The van der Waals surface area contributed by atoms with Crippen molar-refractivity contribution >= 4 is 39.2 Å². The fraction of sp³-hybridized carbons (Fsp3) is 0.469. The Morgan fingerprint density at radius 3 is 2.49 bits per heavy atom. The maximum atomic E-state index is 16.9. The summed E-state index contributed by atoms with van der Waals surface area (Å²) >= 11 is 6.91. The molecule has 0 saturated carbocycles. The number of nitriles is 1. The number of hydrogen-bond acceptors (Lipinski definition) is 8. The minimum atomic E-state index is -0.609. The summed E-state index contributed by atoms with van der Waals surface area (Å²) in [5.41, 5.74) is 2.19. The molecule has 2 aromatic heterocycles. The Morgan fingerprint density at radius 2 is 1.86 bits per heavy atom. The van der Waals surface area contributed by atoms with Crippen LogP contribution < -0.4 is 15.0 Å². The van der Waals surface area contributed by atoms with Gasteiger partial charge in [0.15, 0.2) is 5.82 Å². The second kappa shape index (κ2) is 11.5. The van der Waals surface area contributed by atoms with E-state index in [0.717, 1.165) is 38.9 Å². The summed E-state index contributed by atoms with van der Waals surface area (Å²) in [5.74, 6) is -0.163. The molecular weight excluding hydrogens is 569 g/mol. The second-order valence-corrected chi connectivity index (χ2v) is 11.9. The average molecular weight is 606 g/mol. The first-order chi connectivity index (χ1) is 20.7. The van der Waals surface area contributed by atoms with Gasteiger partial charge in [0.1, 0.15) is 35.3 Å². The highest BCUT2D eigenvalue weighted by Gasteiger charge is 2.35. The summed E-state index contributed by atoms with van der Waals surface area (Å²) in [5, 5.41) is 25.2. The van der Waals surface area contributed by atoms with Crippen LogP contribution in [-0.2, 0) is 7.05 Å². The molecule has 2 bridgehead atoms. The second-order valence-electron chi connectivity index (χ2n) is 11.5. The first-order valence-electron chi connectivity index (χ1n) is 15.0. The molecule has 5 heterocycles. The quantitative estimate of drug-likeness (QED) is 0.307. The van der Waals surface area contributed by atoms with Crippen molar-refractivity contribution in [2.75, 3.05) is 38.2 Å². The number of aromatic nitrogens is 3. The van der Waals surface area contributed by atoms with Gasteiger partial charge >= 0.3 is 6.01 Å². The maximum Gasteiger partial charge on any atom is 0.319 e. The molecule has 3 saturated heterocycles. The molecule has 0 spiro atoms. The molecule has 0 amide bonds. The number of fused-ring (bicyclic) bond motifs is 4. The van der Waals surface area contributed by atoms with E-state index in [4.69, 9.17) is 21.3 Å². The number of nitrogens with one attached hydrogen (secondary N) is 1. The van der Waals surface area contributed by atoms with Crippen LogP contribution in [0.4, 0.5) is 10.2 Å². The summed E-state index contributed by atoms with van der Waals surface area (Å²) in [6.07, 6.45) is 3.21. The molecule has 3 aliphatic rings. The number of phenolic OH excluding ortho intramolecular Hbond substituents is 1. The third-order valence-corrected chi connectivity index (χ3v) is 9.50. The van der Waals surface area contributed by atoms with Gasteiger partial charge in [-0.2, -0.15) is 15.2 Å². The summed E-state index contributed by atoms with van der Waals surface area (Å²) in [6, 6.07) is 8.12. The van der Waals surface area contributed by atoms with Crippen LogP contribution in [0, 0.1) is 24.1 Å². The number of likely N-dealkylation sites (N-methyl/N-ethyl adjacent to an activating group) is 1. The number of nitrogens with zero attached hydrogens (tertiary/aromatic N) is 6. The predicted octanol–water partition coefficient (Wildman–Crippen LogP) is 5.52. The van der Waals surface area contributed by atoms with E-state index in [1.165, 1.54) is 6.07 Å². The molecule has 3 fully saturated rings. The topological polar surface area (TPSA) is 102 Å². The molecule has 0 radical (unpaired) electrons. The average Bonchev–Trinajstić information content (AvgIpc) is 3.47. The van der Waals surface area contributed by atoms with Crippen molar-refractivity contribution in [3.63, 3.8) is 0 Å². The van der Waals surface area contributed by atoms with Gasteiger partial charge < -0.3 is 24.6 Å². The highest BCUT2D eigenvalue weighted by molar-refractivity contribution is 6.35. The standard InChI is InChI=1S/C30H31ClFN7O2.C2H6/c1-15-24(25-20(11-33)23(40)7-6-22(25)38(15)3)26-21(31)10-19-28(27(26)32)35-30(41-14-18-8-9-37(18)2)36-29(19)39-12-16-4-5-17(13-39)34-16;1-2/h6-7,10,16-18,34,40H,4-5,8-9,12-14H2,1-3H3;1-2H3/t16?,17?,18-;/m0./s1. The Hall–Kier alpha value is -3.65. The van der Waals surface area contributed by atoms with Crippen molar-refractivity contribution in [2.24, 2.45) is 7.05 Å². The summed E-state index contributed by atoms with van der Waals surface area (Å²) in [6.45, 7) is 8.79. The first-order valence-corrected chi connectivity index (χ1v) is 15.4. The molecule has 0 aliphatic carbocycles. The number of rotatable bonds is 5. The monoisotopic (exact) mass is 605 g/mol. The van der Waals surface area contributed by atoms with Crippen LogP contribution in [-0.4, -0.2) is 76.0 Å². The van der Waals surface area contributed by atoms with Crippen molar-refractivity contribution in [1.82, 2.24) is 24.8 Å². The van der Waals surface area contributed by atoms with E-state index < -0.39 is 5.82 Å². The van der Waals surface area contributed by atoms with Crippen LogP contribution >= 0.6 is 11.6 Å². The Morgan fingerprint density at radius 1 is 1.14 bits per heavy atom. The number of piperazine rings is 1. The highest BCUT2D eigenvalue weighted by atomic mass is 35.5. The van der Waals surface area contributed by atoms with E-state index in [9.17, 15) is 10.4 Å². The van der Waals surface area contributed by atoms with E-state index >= 15 is 4.39 Å². The number of aromatic hydroxyl groups is 1. The number of phenols is 1. The Labute approximate surface area is 255 Å². The predicted molar refractivity (Wildman–Crippen MR) is 168 cm³/mol. The Bertz CT molecular complexity index is 1760. The third kappa shape index (κ3) is 4.84. The molecule has 43 heavy (non-hydrogen) atoms. The zero-order valence-corrected chi connectivity index (χ0v) is 26.0. The van der Waals surface area contributed by atoms with Gasteiger partial charge in [-0.1, -0.05) is 25.4 Å². The van der Waals surface area contributed by atoms with Crippen molar-refractivity contribution in [1.29, 1.82) is 5.26 Å². The van der Waals surface area contributed by atoms with E-state index in [0.29, 0.717) is 52.1 Å².